The summed E-state index contributed by atoms with van der Waals surface area (Å²) in [7, 11) is 1.06. The van der Waals surface area contributed by atoms with Crippen LogP contribution in [-0.2, 0) is 13.2 Å². The number of hydrogen-bond donors (Lipinski definition) is 0. The number of aryl methyl sites for hydroxylation is 1. The largest absolute Gasteiger partial charge is 0.487 e. The van der Waals surface area contributed by atoms with E-state index in [1.165, 1.54) is 6.07 Å². The molecule has 1 heterocycles. The van der Waals surface area contributed by atoms with Crippen molar-refractivity contribution in [2.45, 2.75) is 6.18 Å². The standard InChI is InChI=1S/C13H10ClF3N3O4/c1-3-23-9-6-7(4-5-8(9)20(21)22)24-12-10(14)11(13(15,16)17)19(2)18-12/h4-6H,1,3H2,2H3. The first kappa shape index (κ1) is 17.9. The molecular weight excluding hydrogens is 355 g/mol. The molecule has 129 valence electrons. The smallest absolute Gasteiger partial charge is 0.434 e. The maximum atomic E-state index is 12.9. The van der Waals surface area contributed by atoms with Gasteiger partial charge in [0, 0.05) is 19.2 Å². The summed E-state index contributed by atoms with van der Waals surface area (Å²) < 4.78 is 49.4. The third kappa shape index (κ3) is 3.53. The monoisotopic (exact) mass is 364 g/mol. The van der Waals surface area contributed by atoms with Gasteiger partial charge >= 0.3 is 11.9 Å². The fourth-order valence-electron chi connectivity index (χ4n) is 1.89. The van der Waals surface area contributed by atoms with Gasteiger partial charge < -0.3 is 9.47 Å². The topological polar surface area (TPSA) is 79.4 Å². The summed E-state index contributed by atoms with van der Waals surface area (Å²) in [6.45, 7) is 3.31. The van der Waals surface area contributed by atoms with Crippen LogP contribution in [0.25, 0.3) is 0 Å². The van der Waals surface area contributed by atoms with Gasteiger partial charge in [-0.2, -0.15) is 13.2 Å². The molecule has 0 bridgehead atoms. The Morgan fingerprint density at radius 2 is 2.12 bits per heavy atom. The molecular formula is C13H10ClF3N3O4. The van der Waals surface area contributed by atoms with Crippen molar-refractivity contribution in [3.63, 3.8) is 0 Å². The first-order valence-corrected chi connectivity index (χ1v) is 6.71. The molecule has 0 aliphatic carbocycles. The normalized spacial score (nSPS) is 11.4. The minimum atomic E-state index is -4.71. The van der Waals surface area contributed by atoms with Crippen LogP contribution in [0, 0.1) is 17.0 Å². The van der Waals surface area contributed by atoms with Gasteiger partial charge in [0.15, 0.2) is 5.69 Å². The summed E-state index contributed by atoms with van der Waals surface area (Å²) in [4.78, 5) is 10.2. The SMILES string of the molecule is [CH2]COc1cc(Oc2nn(C)c(C(F)(F)F)c2Cl)ccc1[N+](=O)[O-]. The molecule has 2 rings (SSSR count). The minimum Gasteiger partial charge on any atom is -0.487 e. The lowest BCUT2D eigenvalue weighted by Gasteiger charge is -2.07. The first-order chi connectivity index (χ1) is 11.1. The predicted octanol–water partition coefficient (Wildman–Crippen LogP) is 4.01. The van der Waals surface area contributed by atoms with Crippen LogP contribution in [0.4, 0.5) is 18.9 Å². The van der Waals surface area contributed by atoms with Crippen LogP contribution in [0.1, 0.15) is 5.69 Å². The molecule has 2 aromatic rings. The van der Waals surface area contributed by atoms with Crippen LogP contribution >= 0.6 is 11.6 Å². The quantitative estimate of drug-likeness (QED) is 0.591. The highest BCUT2D eigenvalue weighted by Crippen LogP contribution is 2.41. The Kier molecular flexibility index (Phi) is 4.88. The lowest BCUT2D eigenvalue weighted by Crippen LogP contribution is -2.12. The second kappa shape index (κ2) is 6.56. The number of hydrogen-bond acceptors (Lipinski definition) is 5. The fourth-order valence-corrected chi connectivity index (χ4v) is 2.20. The molecule has 0 spiro atoms. The average molecular weight is 365 g/mol. The molecule has 0 unspecified atom stereocenters. The van der Waals surface area contributed by atoms with E-state index in [1.807, 2.05) is 0 Å². The Hall–Kier alpha value is -2.49. The number of halogens is 4. The zero-order valence-electron chi connectivity index (χ0n) is 12.1. The highest BCUT2D eigenvalue weighted by Gasteiger charge is 2.39. The number of alkyl halides is 3. The van der Waals surface area contributed by atoms with Crippen LogP contribution < -0.4 is 9.47 Å². The summed E-state index contributed by atoms with van der Waals surface area (Å²) in [5.41, 5.74) is -1.51. The summed E-state index contributed by atoms with van der Waals surface area (Å²) in [6, 6.07) is 3.41. The molecule has 7 nitrogen and oxygen atoms in total. The van der Waals surface area contributed by atoms with E-state index in [1.54, 1.807) is 0 Å². The van der Waals surface area contributed by atoms with Gasteiger partial charge in [-0.25, -0.2) is 0 Å². The van der Waals surface area contributed by atoms with Crippen molar-refractivity contribution in [3.8, 4) is 17.4 Å². The number of ether oxygens (including phenoxy) is 2. The van der Waals surface area contributed by atoms with Crippen LogP contribution in [0.5, 0.6) is 17.4 Å². The number of rotatable bonds is 5. The summed E-state index contributed by atoms with van der Waals surface area (Å²) >= 11 is 5.67. The van der Waals surface area contributed by atoms with Crippen LogP contribution in [0.2, 0.25) is 5.02 Å². The van der Waals surface area contributed by atoms with E-state index < -0.39 is 27.7 Å². The highest BCUT2D eigenvalue weighted by atomic mass is 35.5. The molecule has 11 heteroatoms. The molecule has 0 amide bonds. The van der Waals surface area contributed by atoms with Crippen molar-refractivity contribution in [1.82, 2.24) is 9.78 Å². The van der Waals surface area contributed by atoms with Gasteiger partial charge in [-0.1, -0.05) is 11.6 Å². The maximum Gasteiger partial charge on any atom is 0.434 e. The Morgan fingerprint density at radius 1 is 1.46 bits per heavy atom. The van der Waals surface area contributed by atoms with Crippen molar-refractivity contribution < 1.29 is 27.6 Å². The number of nitro groups is 1. The molecule has 1 radical (unpaired) electrons. The lowest BCUT2D eigenvalue weighted by molar-refractivity contribution is -0.385. The number of benzene rings is 1. The minimum absolute atomic E-state index is 0.0298. The Bertz CT molecular complexity index is 777. The molecule has 1 aromatic carbocycles. The predicted molar refractivity (Wildman–Crippen MR) is 77.2 cm³/mol. The molecule has 0 N–H and O–H groups in total. The highest BCUT2D eigenvalue weighted by molar-refractivity contribution is 6.32. The van der Waals surface area contributed by atoms with E-state index >= 15 is 0 Å². The fraction of sp³-hybridized carbons (Fsp3) is 0.231. The molecule has 0 atom stereocenters. The molecule has 0 fully saturated rings. The molecule has 0 saturated heterocycles. The van der Waals surface area contributed by atoms with Crippen molar-refractivity contribution >= 4 is 17.3 Å². The van der Waals surface area contributed by atoms with Gasteiger partial charge in [0.2, 0.25) is 5.75 Å². The maximum absolute atomic E-state index is 12.9. The Labute approximate surface area is 138 Å². The molecule has 24 heavy (non-hydrogen) atoms. The van der Waals surface area contributed by atoms with Gasteiger partial charge in [-0.15, -0.1) is 5.10 Å². The number of nitro benzene ring substituents is 1. The summed E-state index contributed by atoms with van der Waals surface area (Å²) in [5.74, 6) is -0.658. The molecule has 0 saturated carbocycles. The second-order valence-electron chi connectivity index (χ2n) is 4.43. The molecule has 0 aliphatic heterocycles. The van der Waals surface area contributed by atoms with Gasteiger partial charge in [0.1, 0.15) is 10.8 Å². The Balaban J connectivity index is 2.39. The first-order valence-electron chi connectivity index (χ1n) is 6.33. The van der Waals surface area contributed by atoms with E-state index in [2.05, 4.69) is 12.0 Å². The van der Waals surface area contributed by atoms with E-state index in [-0.39, 0.29) is 23.8 Å². The zero-order chi connectivity index (χ0) is 18.1. The van der Waals surface area contributed by atoms with Gasteiger partial charge in [-0.3, -0.25) is 14.8 Å². The van der Waals surface area contributed by atoms with E-state index in [0.717, 1.165) is 19.2 Å². The van der Waals surface area contributed by atoms with Crippen molar-refractivity contribution in [2.24, 2.45) is 7.05 Å². The molecule has 0 aliphatic rings. The van der Waals surface area contributed by atoms with E-state index in [4.69, 9.17) is 21.1 Å². The Morgan fingerprint density at radius 3 is 2.62 bits per heavy atom. The number of nitrogens with zero attached hydrogens (tertiary/aromatic N) is 3. The summed E-state index contributed by atoms with van der Waals surface area (Å²) in [6.07, 6.45) is -4.71. The van der Waals surface area contributed by atoms with E-state index in [0.29, 0.717) is 4.68 Å². The molecule has 1 aromatic heterocycles. The van der Waals surface area contributed by atoms with Gasteiger partial charge in [0.25, 0.3) is 5.88 Å². The van der Waals surface area contributed by atoms with Crippen molar-refractivity contribution in [1.29, 1.82) is 0 Å². The van der Waals surface area contributed by atoms with Crippen LogP contribution in [-0.4, -0.2) is 21.3 Å². The number of aromatic nitrogens is 2. The second-order valence-corrected chi connectivity index (χ2v) is 4.80. The van der Waals surface area contributed by atoms with Gasteiger partial charge in [-0.05, 0) is 13.0 Å². The van der Waals surface area contributed by atoms with Crippen LogP contribution in [0.3, 0.4) is 0 Å². The third-order valence-electron chi connectivity index (χ3n) is 2.83. The lowest BCUT2D eigenvalue weighted by atomic mass is 10.3. The van der Waals surface area contributed by atoms with Crippen LogP contribution in [0.15, 0.2) is 18.2 Å². The summed E-state index contributed by atoms with van der Waals surface area (Å²) in [5, 5.41) is 13.7. The van der Waals surface area contributed by atoms with Crippen molar-refractivity contribution in [2.75, 3.05) is 6.61 Å². The van der Waals surface area contributed by atoms with Gasteiger partial charge in [0.05, 0.1) is 11.5 Å². The zero-order valence-corrected chi connectivity index (χ0v) is 12.9. The average Bonchev–Trinajstić information content (AvgIpc) is 2.73. The van der Waals surface area contributed by atoms with E-state index in [9.17, 15) is 23.3 Å². The third-order valence-corrected chi connectivity index (χ3v) is 3.17. The van der Waals surface area contributed by atoms with Crippen molar-refractivity contribution in [3.05, 3.63) is 46.0 Å².